The second kappa shape index (κ2) is 7.63. The summed E-state index contributed by atoms with van der Waals surface area (Å²) in [5.74, 6) is -0.0284. The Bertz CT molecular complexity index is 945. The van der Waals surface area contributed by atoms with Gasteiger partial charge in [-0.05, 0) is 44.0 Å². The number of hydrogen-bond donors (Lipinski definition) is 1. The van der Waals surface area contributed by atoms with E-state index in [0.29, 0.717) is 18.0 Å². The third-order valence-electron chi connectivity index (χ3n) is 4.75. The largest absolute Gasteiger partial charge is 0.407 e. The Labute approximate surface area is 165 Å². The van der Waals surface area contributed by atoms with Gasteiger partial charge in [-0.25, -0.2) is 8.42 Å². The maximum atomic E-state index is 12.9. The molecule has 1 atom stereocenters. The standard InChI is InChI=1S/C19H26N4O4S/c1-13-7-5-6-12-23(13)28(25,26)15-10-8-14(9-11-15)16(24)20-18-22-21-17(27-18)19(2,3)4/h8-11,13H,5-7,12H2,1-4H3,(H,20,22,24). The van der Waals surface area contributed by atoms with Crippen LogP contribution in [0.1, 0.15) is 63.2 Å². The zero-order valence-corrected chi connectivity index (χ0v) is 17.4. The van der Waals surface area contributed by atoms with Crippen molar-refractivity contribution in [3.8, 4) is 0 Å². The van der Waals surface area contributed by atoms with Gasteiger partial charge in [-0.2, -0.15) is 4.31 Å². The van der Waals surface area contributed by atoms with Crippen LogP contribution in [-0.4, -0.2) is 41.4 Å². The number of amides is 1. The van der Waals surface area contributed by atoms with Crippen molar-refractivity contribution in [1.29, 1.82) is 0 Å². The van der Waals surface area contributed by atoms with Crippen LogP contribution in [-0.2, 0) is 15.4 Å². The van der Waals surface area contributed by atoms with Crippen molar-refractivity contribution in [1.82, 2.24) is 14.5 Å². The summed E-state index contributed by atoms with van der Waals surface area (Å²) < 4.78 is 32.7. The Morgan fingerprint density at radius 1 is 1.18 bits per heavy atom. The van der Waals surface area contributed by atoms with E-state index in [2.05, 4.69) is 15.5 Å². The molecule has 1 aromatic carbocycles. The average Bonchev–Trinajstić information content (AvgIpc) is 3.11. The van der Waals surface area contributed by atoms with E-state index in [1.165, 1.54) is 28.6 Å². The quantitative estimate of drug-likeness (QED) is 0.836. The normalized spacial score (nSPS) is 18.8. The van der Waals surface area contributed by atoms with Crippen LogP contribution < -0.4 is 5.32 Å². The number of piperidine rings is 1. The fraction of sp³-hybridized carbons (Fsp3) is 0.526. The van der Waals surface area contributed by atoms with Crippen LogP contribution in [0.5, 0.6) is 0 Å². The number of hydrogen-bond acceptors (Lipinski definition) is 6. The van der Waals surface area contributed by atoms with Crippen molar-refractivity contribution < 1.29 is 17.6 Å². The highest BCUT2D eigenvalue weighted by molar-refractivity contribution is 7.89. The summed E-state index contributed by atoms with van der Waals surface area (Å²) in [7, 11) is -3.56. The minimum Gasteiger partial charge on any atom is -0.407 e. The van der Waals surface area contributed by atoms with Gasteiger partial charge in [0, 0.05) is 23.6 Å². The molecular weight excluding hydrogens is 380 g/mol. The number of carbonyl (C=O) groups excluding carboxylic acids is 1. The number of rotatable bonds is 4. The molecule has 1 N–H and O–H groups in total. The number of nitrogens with one attached hydrogen (secondary N) is 1. The van der Waals surface area contributed by atoms with Gasteiger partial charge in [-0.1, -0.05) is 32.3 Å². The highest BCUT2D eigenvalue weighted by atomic mass is 32.2. The average molecular weight is 407 g/mol. The summed E-state index contributed by atoms with van der Waals surface area (Å²) in [6.07, 6.45) is 2.77. The first-order valence-electron chi connectivity index (χ1n) is 9.36. The van der Waals surface area contributed by atoms with Crippen molar-refractivity contribution in [2.75, 3.05) is 11.9 Å². The van der Waals surface area contributed by atoms with E-state index in [-0.39, 0.29) is 22.4 Å². The minimum absolute atomic E-state index is 0.00812. The number of anilines is 1. The molecule has 0 aliphatic carbocycles. The summed E-state index contributed by atoms with van der Waals surface area (Å²) in [6.45, 7) is 8.23. The van der Waals surface area contributed by atoms with Crippen molar-refractivity contribution in [2.24, 2.45) is 0 Å². The number of sulfonamides is 1. The topological polar surface area (TPSA) is 105 Å². The van der Waals surface area contributed by atoms with E-state index in [1.807, 2.05) is 27.7 Å². The molecule has 2 heterocycles. The lowest BCUT2D eigenvalue weighted by Crippen LogP contribution is -2.41. The second-order valence-electron chi connectivity index (χ2n) is 8.10. The molecule has 152 valence electrons. The predicted molar refractivity (Wildman–Crippen MR) is 105 cm³/mol. The van der Waals surface area contributed by atoms with Crippen molar-refractivity contribution in [3.05, 3.63) is 35.7 Å². The lowest BCUT2D eigenvalue weighted by Gasteiger charge is -2.32. The van der Waals surface area contributed by atoms with E-state index in [4.69, 9.17) is 4.42 Å². The van der Waals surface area contributed by atoms with Crippen LogP contribution in [0.25, 0.3) is 0 Å². The maximum Gasteiger partial charge on any atom is 0.322 e. The number of nitrogens with zero attached hydrogens (tertiary/aromatic N) is 3. The molecule has 0 bridgehead atoms. The third-order valence-corrected chi connectivity index (χ3v) is 6.78. The van der Waals surface area contributed by atoms with Crippen LogP contribution in [0.3, 0.4) is 0 Å². The fourth-order valence-corrected chi connectivity index (χ4v) is 4.79. The van der Waals surface area contributed by atoms with Gasteiger partial charge >= 0.3 is 6.01 Å². The highest BCUT2D eigenvalue weighted by Crippen LogP contribution is 2.26. The molecular formula is C19H26N4O4S. The van der Waals surface area contributed by atoms with Crippen molar-refractivity contribution >= 4 is 21.9 Å². The smallest absolute Gasteiger partial charge is 0.322 e. The summed E-state index contributed by atoms with van der Waals surface area (Å²) in [5, 5.41) is 10.3. The molecule has 28 heavy (non-hydrogen) atoms. The molecule has 3 rings (SSSR count). The molecule has 0 radical (unpaired) electrons. The SMILES string of the molecule is CC1CCCCN1S(=O)(=O)c1ccc(C(=O)Nc2nnc(C(C)(C)C)o2)cc1. The Balaban J connectivity index is 1.73. The molecule has 0 saturated carbocycles. The maximum absolute atomic E-state index is 12.9. The molecule has 1 amide bonds. The molecule has 9 heteroatoms. The summed E-state index contributed by atoms with van der Waals surface area (Å²) in [4.78, 5) is 12.6. The molecule has 1 aliphatic heterocycles. The van der Waals surface area contributed by atoms with Crippen LogP contribution in [0.4, 0.5) is 6.01 Å². The van der Waals surface area contributed by atoms with Gasteiger partial charge in [0.2, 0.25) is 15.9 Å². The Morgan fingerprint density at radius 2 is 1.86 bits per heavy atom. The molecule has 1 aromatic heterocycles. The Hall–Kier alpha value is -2.26. The lowest BCUT2D eigenvalue weighted by molar-refractivity contribution is 0.102. The van der Waals surface area contributed by atoms with Gasteiger partial charge in [-0.15, -0.1) is 5.10 Å². The van der Waals surface area contributed by atoms with Crippen molar-refractivity contribution in [2.45, 2.75) is 63.3 Å². The first kappa shape index (κ1) is 20.5. The molecule has 0 spiro atoms. The van der Waals surface area contributed by atoms with Crippen molar-refractivity contribution in [3.63, 3.8) is 0 Å². The summed E-state index contributed by atoms with van der Waals surface area (Å²) in [5.41, 5.74) is -0.0152. The second-order valence-corrected chi connectivity index (χ2v) is 9.99. The molecule has 1 fully saturated rings. The fourth-order valence-electron chi connectivity index (χ4n) is 3.09. The molecule has 2 aromatic rings. The minimum atomic E-state index is -3.56. The first-order valence-corrected chi connectivity index (χ1v) is 10.8. The van der Waals surface area contributed by atoms with Gasteiger partial charge in [-0.3, -0.25) is 10.1 Å². The Kier molecular flexibility index (Phi) is 5.58. The summed E-state index contributed by atoms with van der Waals surface area (Å²) in [6, 6.07) is 5.88. The highest BCUT2D eigenvalue weighted by Gasteiger charge is 2.31. The molecule has 1 unspecified atom stereocenters. The van der Waals surface area contributed by atoms with Crippen LogP contribution in [0.2, 0.25) is 0 Å². The van der Waals surface area contributed by atoms with Gasteiger partial charge in [0.25, 0.3) is 5.91 Å². The van der Waals surface area contributed by atoms with Gasteiger partial charge in [0.05, 0.1) is 4.90 Å². The number of carbonyl (C=O) groups is 1. The van der Waals surface area contributed by atoms with E-state index >= 15 is 0 Å². The van der Waals surface area contributed by atoms with Gasteiger partial charge < -0.3 is 4.42 Å². The predicted octanol–water partition coefficient (Wildman–Crippen LogP) is 3.18. The van der Waals surface area contributed by atoms with Crippen LogP contribution in [0.15, 0.2) is 33.6 Å². The third kappa shape index (κ3) is 4.25. The molecule has 8 nitrogen and oxygen atoms in total. The number of benzene rings is 1. The van der Waals surface area contributed by atoms with Gasteiger partial charge in [0.15, 0.2) is 0 Å². The van der Waals surface area contributed by atoms with E-state index in [0.717, 1.165) is 19.3 Å². The van der Waals surface area contributed by atoms with Crippen LogP contribution >= 0.6 is 0 Å². The monoisotopic (exact) mass is 406 g/mol. The molecule has 1 saturated heterocycles. The molecule has 1 aliphatic rings. The zero-order chi connectivity index (χ0) is 20.5. The van der Waals surface area contributed by atoms with E-state index < -0.39 is 15.9 Å². The van der Waals surface area contributed by atoms with E-state index in [1.54, 1.807) is 0 Å². The lowest BCUT2D eigenvalue weighted by atomic mass is 9.97. The first-order chi connectivity index (χ1) is 13.1. The van der Waals surface area contributed by atoms with E-state index in [9.17, 15) is 13.2 Å². The number of aromatic nitrogens is 2. The van der Waals surface area contributed by atoms with Gasteiger partial charge in [0.1, 0.15) is 0 Å². The Morgan fingerprint density at radius 3 is 2.43 bits per heavy atom. The van der Waals surface area contributed by atoms with Crippen LogP contribution in [0, 0.1) is 0 Å². The zero-order valence-electron chi connectivity index (χ0n) is 16.6. The summed E-state index contributed by atoms with van der Waals surface area (Å²) >= 11 is 0.